The molecule has 0 saturated carbocycles. The summed E-state index contributed by atoms with van der Waals surface area (Å²) in [5, 5.41) is 2.82. The summed E-state index contributed by atoms with van der Waals surface area (Å²) in [6.07, 6.45) is 35.7. The molecule has 0 radical (unpaired) electrons. The lowest BCUT2D eigenvalue weighted by Gasteiger charge is -2.20. The zero-order valence-electron chi connectivity index (χ0n) is 33.6. The van der Waals surface area contributed by atoms with Crippen molar-refractivity contribution < 1.29 is 37.6 Å². The molecule has 0 aliphatic carbocycles. The summed E-state index contributed by atoms with van der Waals surface area (Å²) in [4.78, 5) is 35.0. The number of phosphoric acid groups is 1. The molecular formula is C41H82NO8P. The van der Waals surface area contributed by atoms with E-state index in [1.54, 1.807) is 7.05 Å². The number of nitrogens with one attached hydrogen (secondary N) is 1. The van der Waals surface area contributed by atoms with Gasteiger partial charge in [-0.1, -0.05) is 187 Å². The highest BCUT2D eigenvalue weighted by Crippen LogP contribution is 2.43. The number of rotatable bonds is 41. The van der Waals surface area contributed by atoms with E-state index in [4.69, 9.17) is 18.5 Å². The first-order valence-electron chi connectivity index (χ1n) is 21.5. The average Bonchev–Trinajstić information content (AvgIpc) is 3.11. The highest BCUT2D eigenvalue weighted by Gasteiger charge is 2.26. The van der Waals surface area contributed by atoms with Gasteiger partial charge in [0.25, 0.3) is 0 Å². The normalized spacial score (nSPS) is 13.3. The van der Waals surface area contributed by atoms with Crippen molar-refractivity contribution in [2.45, 2.75) is 219 Å². The van der Waals surface area contributed by atoms with Gasteiger partial charge in [-0.05, 0) is 19.9 Å². The predicted molar refractivity (Wildman–Crippen MR) is 211 cm³/mol. The average molecular weight is 748 g/mol. The molecule has 10 heteroatoms. The van der Waals surface area contributed by atoms with Crippen LogP contribution in [0.1, 0.15) is 213 Å². The van der Waals surface area contributed by atoms with Crippen LogP contribution in [-0.4, -0.2) is 56.3 Å². The molecule has 0 fully saturated rings. The molecule has 0 heterocycles. The number of carbonyl (C=O) groups excluding carboxylic acids is 2. The first-order chi connectivity index (χ1) is 24.8. The summed E-state index contributed by atoms with van der Waals surface area (Å²) in [6.45, 7) is 4.25. The number of hydrogen-bond donors (Lipinski definition) is 2. The number of phosphoric ester groups is 1. The van der Waals surface area contributed by atoms with Crippen molar-refractivity contribution in [2.24, 2.45) is 0 Å². The molecule has 2 atom stereocenters. The number of unbranched alkanes of at least 4 members (excludes halogenated alkanes) is 27. The van der Waals surface area contributed by atoms with Crippen LogP contribution >= 0.6 is 7.82 Å². The Bertz CT molecular complexity index is 815. The molecule has 0 saturated heterocycles. The maximum Gasteiger partial charge on any atom is 0.472 e. The fourth-order valence-corrected chi connectivity index (χ4v) is 6.95. The largest absolute Gasteiger partial charge is 0.472 e. The third kappa shape index (κ3) is 38.5. The van der Waals surface area contributed by atoms with E-state index in [0.29, 0.717) is 19.4 Å². The molecular weight excluding hydrogens is 665 g/mol. The SMILES string of the molecule is CCCCCCCCCCCCCCCCCCCC(=O)OCC(COP(=O)(O)OCCNC)OC(=O)CCCCCCCCCCCCCC. The summed E-state index contributed by atoms with van der Waals surface area (Å²) in [5.74, 6) is -0.792. The lowest BCUT2D eigenvalue weighted by atomic mass is 10.0. The van der Waals surface area contributed by atoms with Crippen molar-refractivity contribution in [1.82, 2.24) is 5.32 Å². The summed E-state index contributed by atoms with van der Waals surface area (Å²) < 4.78 is 33.1. The van der Waals surface area contributed by atoms with Gasteiger partial charge in [0.2, 0.25) is 0 Å². The van der Waals surface area contributed by atoms with E-state index in [-0.39, 0.29) is 25.6 Å². The molecule has 0 bridgehead atoms. The molecule has 0 spiro atoms. The lowest BCUT2D eigenvalue weighted by molar-refractivity contribution is -0.161. The van der Waals surface area contributed by atoms with Crippen molar-refractivity contribution in [3.63, 3.8) is 0 Å². The predicted octanol–water partition coefficient (Wildman–Crippen LogP) is 11.9. The molecule has 0 amide bonds. The van der Waals surface area contributed by atoms with Crippen molar-refractivity contribution in [1.29, 1.82) is 0 Å². The van der Waals surface area contributed by atoms with E-state index in [1.807, 2.05) is 0 Å². The molecule has 51 heavy (non-hydrogen) atoms. The molecule has 304 valence electrons. The Morgan fingerprint density at radius 1 is 0.529 bits per heavy atom. The van der Waals surface area contributed by atoms with Gasteiger partial charge in [-0.2, -0.15) is 0 Å². The van der Waals surface area contributed by atoms with Gasteiger partial charge in [-0.3, -0.25) is 18.6 Å². The molecule has 2 unspecified atom stereocenters. The summed E-state index contributed by atoms with van der Waals surface area (Å²) >= 11 is 0. The highest BCUT2D eigenvalue weighted by atomic mass is 31.2. The van der Waals surface area contributed by atoms with Gasteiger partial charge in [0.1, 0.15) is 6.61 Å². The van der Waals surface area contributed by atoms with Crippen molar-refractivity contribution in [3.8, 4) is 0 Å². The third-order valence-electron chi connectivity index (χ3n) is 9.48. The van der Waals surface area contributed by atoms with Crippen LogP contribution in [0.4, 0.5) is 0 Å². The quantitative estimate of drug-likeness (QED) is 0.0357. The van der Waals surface area contributed by atoms with E-state index in [1.165, 1.54) is 148 Å². The van der Waals surface area contributed by atoms with Gasteiger partial charge < -0.3 is 19.7 Å². The van der Waals surface area contributed by atoms with E-state index in [2.05, 4.69) is 19.2 Å². The Hall–Kier alpha value is -0.990. The number of hydrogen-bond acceptors (Lipinski definition) is 8. The highest BCUT2D eigenvalue weighted by molar-refractivity contribution is 7.47. The molecule has 2 N–H and O–H groups in total. The Morgan fingerprint density at radius 3 is 1.25 bits per heavy atom. The summed E-state index contributed by atoms with van der Waals surface area (Å²) in [5.41, 5.74) is 0. The minimum atomic E-state index is -4.34. The second kappa shape index (κ2) is 38.7. The summed E-state index contributed by atoms with van der Waals surface area (Å²) in [6, 6.07) is 0. The van der Waals surface area contributed by atoms with Gasteiger partial charge in [0, 0.05) is 19.4 Å². The molecule has 0 aromatic rings. The van der Waals surface area contributed by atoms with Crippen molar-refractivity contribution in [2.75, 3.05) is 33.4 Å². The zero-order valence-corrected chi connectivity index (χ0v) is 34.5. The molecule has 0 aromatic carbocycles. The second-order valence-electron chi connectivity index (χ2n) is 14.5. The zero-order chi connectivity index (χ0) is 37.5. The van der Waals surface area contributed by atoms with Crippen LogP contribution in [0.5, 0.6) is 0 Å². The smallest absolute Gasteiger partial charge is 0.462 e. The first-order valence-corrected chi connectivity index (χ1v) is 23.0. The van der Waals surface area contributed by atoms with Crippen LogP contribution in [0, 0.1) is 0 Å². The lowest BCUT2D eigenvalue weighted by Crippen LogP contribution is -2.29. The second-order valence-corrected chi connectivity index (χ2v) is 16.0. The molecule has 0 aliphatic heterocycles. The summed E-state index contributed by atoms with van der Waals surface area (Å²) in [7, 11) is -2.63. The fraction of sp³-hybridized carbons (Fsp3) is 0.951. The van der Waals surface area contributed by atoms with Crippen LogP contribution in [0.25, 0.3) is 0 Å². The maximum absolute atomic E-state index is 12.6. The minimum absolute atomic E-state index is 0.0119. The van der Waals surface area contributed by atoms with Gasteiger partial charge in [0.15, 0.2) is 6.10 Å². The number of esters is 2. The Kier molecular flexibility index (Phi) is 38.0. The number of carbonyl (C=O) groups is 2. The van der Waals surface area contributed by atoms with Gasteiger partial charge in [0.05, 0.1) is 13.2 Å². The monoisotopic (exact) mass is 748 g/mol. The van der Waals surface area contributed by atoms with Crippen LogP contribution in [0.3, 0.4) is 0 Å². The van der Waals surface area contributed by atoms with Crippen LogP contribution in [0.2, 0.25) is 0 Å². The van der Waals surface area contributed by atoms with Crippen molar-refractivity contribution >= 4 is 19.8 Å². The van der Waals surface area contributed by atoms with E-state index < -0.39 is 26.5 Å². The van der Waals surface area contributed by atoms with Crippen LogP contribution < -0.4 is 5.32 Å². The Balaban J connectivity index is 4.15. The number of likely N-dealkylation sites (N-methyl/N-ethyl adjacent to an activating group) is 1. The number of ether oxygens (including phenoxy) is 2. The molecule has 0 aromatic heterocycles. The standard InChI is InChI=1S/C41H82NO8P/c1-4-6-8-10-12-14-16-18-19-20-21-22-24-25-27-29-31-33-40(43)47-37-39(38-49-51(45,46)48-36-35-42-3)50-41(44)34-32-30-28-26-23-17-15-13-11-9-7-5-2/h39,42H,4-38H2,1-3H3,(H,45,46). The van der Waals surface area contributed by atoms with Crippen LogP contribution in [-0.2, 0) is 32.7 Å². The first kappa shape index (κ1) is 50.0. The Morgan fingerprint density at radius 2 is 0.882 bits per heavy atom. The van der Waals surface area contributed by atoms with Gasteiger partial charge >= 0.3 is 19.8 Å². The molecule has 0 aliphatic rings. The third-order valence-corrected chi connectivity index (χ3v) is 10.5. The topological polar surface area (TPSA) is 120 Å². The van der Waals surface area contributed by atoms with E-state index in [0.717, 1.165) is 32.1 Å². The van der Waals surface area contributed by atoms with Gasteiger partial charge in [-0.15, -0.1) is 0 Å². The molecule has 9 nitrogen and oxygen atoms in total. The van der Waals surface area contributed by atoms with Crippen LogP contribution in [0.15, 0.2) is 0 Å². The van der Waals surface area contributed by atoms with E-state index in [9.17, 15) is 19.0 Å². The fourth-order valence-electron chi connectivity index (χ4n) is 6.20. The Labute approximate surface area is 314 Å². The van der Waals surface area contributed by atoms with Crippen molar-refractivity contribution in [3.05, 3.63) is 0 Å². The molecule has 0 rings (SSSR count). The minimum Gasteiger partial charge on any atom is -0.462 e. The van der Waals surface area contributed by atoms with E-state index >= 15 is 0 Å². The van der Waals surface area contributed by atoms with Gasteiger partial charge in [-0.25, -0.2) is 4.57 Å². The maximum atomic E-state index is 12.6.